The summed E-state index contributed by atoms with van der Waals surface area (Å²) in [7, 11) is 0. The molecule has 2 heteroatoms. The van der Waals surface area contributed by atoms with E-state index in [1.54, 1.807) is 0 Å². The van der Waals surface area contributed by atoms with Gasteiger partial charge in [0.15, 0.2) is 0 Å². The number of hydrogen-bond acceptors (Lipinski definition) is 0. The predicted molar refractivity (Wildman–Crippen MR) is 96.3 cm³/mol. The smallest absolute Gasteiger partial charge is 0.192 e. The van der Waals surface area contributed by atoms with Crippen LogP contribution in [-0.2, 0) is 0 Å². The molecular weight excluding hydrogens is 278 g/mol. The molecule has 0 aromatic heterocycles. The zero-order valence-electron chi connectivity index (χ0n) is 15.1. The zero-order chi connectivity index (χ0) is 15.6. The molecule has 2 aromatic carbocycles. The third-order valence-corrected chi connectivity index (χ3v) is 3.84. The Morgan fingerprint density at radius 1 is 0.667 bits per heavy atom. The molecule has 2 atom stereocenters. The molecule has 2 aromatic rings. The van der Waals surface area contributed by atoms with Crippen LogP contribution in [0.1, 0.15) is 24.0 Å². The summed E-state index contributed by atoms with van der Waals surface area (Å²) in [6.45, 7) is 7.86. The van der Waals surface area contributed by atoms with Crippen LogP contribution >= 0.6 is 0 Å². The topological polar surface area (TPSA) is 0 Å². The molecule has 0 amide bonds. The fourth-order valence-corrected chi connectivity index (χ4v) is 2.74. The number of hydrogen-bond donors (Lipinski definition) is 0. The van der Waals surface area contributed by atoms with Gasteiger partial charge in [-0.15, -0.1) is 37.4 Å². The minimum Gasteiger partial charge on any atom is -0.192 e. The first-order chi connectivity index (χ1) is 10.8. The molecule has 0 nitrogen and oxygen atoms in total. The van der Waals surface area contributed by atoms with E-state index in [1.807, 2.05) is 12.2 Å². The minimum absolute atomic E-state index is 0. The average Bonchev–Trinajstić information content (AvgIpc) is 2.56. The van der Waals surface area contributed by atoms with Crippen LogP contribution in [0.15, 0.2) is 86.0 Å². The normalized spacial score (nSPS) is 11.8. The molecule has 0 spiro atoms. The predicted octanol–water partition coefficient (Wildman–Crippen LogP) is -0.116. The number of rotatable bonds is 9. The van der Waals surface area contributed by atoms with E-state index in [2.05, 4.69) is 86.7 Å². The summed E-state index contributed by atoms with van der Waals surface area (Å²) in [4.78, 5) is 0. The van der Waals surface area contributed by atoms with Crippen LogP contribution in [0, 0.1) is 24.7 Å². The summed E-state index contributed by atoms with van der Waals surface area (Å²) in [6.07, 6.45) is 10.7. The molecule has 114 valence electrons. The number of benzene rings is 2. The van der Waals surface area contributed by atoms with E-state index in [1.165, 1.54) is 11.1 Å². The largest absolute Gasteiger partial charge is 1.00 e. The Morgan fingerprint density at radius 3 is 1.29 bits per heavy atom. The SMILES string of the molecule is C=CCC([CH-]c1ccccc1)C([CH-]c1ccccc1)CC=C.[Li+].[Li+]. The van der Waals surface area contributed by atoms with Gasteiger partial charge in [0.2, 0.25) is 0 Å². The van der Waals surface area contributed by atoms with Crippen LogP contribution in [-0.4, -0.2) is 0 Å². The van der Waals surface area contributed by atoms with Crippen LogP contribution in [0.5, 0.6) is 0 Å². The van der Waals surface area contributed by atoms with E-state index in [-0.39, 0.29) is 37.7 Å². The van der Waals surface area contributed by atoms with Crippen molar-refractivity contribution in [2.45, 2.75) is 12.8 Å². The van der Waals surface area contributed by atoms with Crippen molar-refractivity contribution in [1.82, 2.24) is 0 Å². The first-order valence-electron chi connectivity index (χ1n) is 7.85. The molecule has 24 heavy (non-hydrogen) atoms. The van der Waals surface area contributed by atoms with E-state index < -0.39 is 0 Å². The van der Waals surface area contributed by atoms with Gasteiger partial charge in [-0.05, 0) is 12.8 Å². The molecule has 0 heterocycles. The van der Waals surface area contributed by atoms with Crippen LogP contribution in [0.25, 0.3) is 0 Å². The average molecular weight is 302 g/mol. The van der Waals surface area contributed by atoms with Gasteiger partial charge in [-0.25, -0.2) is 0 Å². The van der Waals surface area contributed by atoms with Crippen molar-refractivity contribution < 1.29 is 37.7 Å². The number of allylic oxidation sites excluding steroid dienone is 2. The van der Waals surface area contributed by atoms with E-state index >= 15 is 0 Å². The third-order valence-electron chi connectivity index (χ3n) is 3.84. The van der Waals surface area contributed by atoms with E-state index in [4.69, 9.17) is 0 Å². The van der Waals surface area contributed by atoms with Gasteiger partial charge in [-0.2, -0.15) is 48.2 Å². The fraction of sp³-hybridized carbons (Fsp3) is 0.182. The van der Waals surface area contributed by atoms with E-state index in [9.17, 15) is 0 Å². The summed E-state index contributed by atoms with van der Waals surface area (Å²) in [5, 5.41) is 0. The van der Waals surface area contributed by atoms with Gasteiger partial charge in [-0.3, -0.25) is 0 Å². The summed E-state index contributed by atoms with van der Waals surface area (Å²) < 4.78 is 0. The molecule has 0 saturated heterocycles. The molecular formula is C22H24Li2. The van der Waals surface area contributed by atoms with Gasteiger partial charge in [0.25, 0.3) is 0 Å². The summed E-state index contributed by atoms with van der Waals surface area (Å²) >= 11 is 0. The van der Waals surface area contributed by atoms with Crippen LogP contribution in [0.3, 0.4) is 0 Å². The Morgan fingerprint density at radius 2 is 1.00 bits per heavy atom. The second-order valence-electron chi connectivity index (χ2n) is 5.53. The van der Waals surface area contributed by atoms with Crippen molar-refractivity contribution in [1.29, 1.82) is 0 Å². The first kappa shape index (κ1) is 22.9. The first-order valence-corrected chi connectivity index (χ1v) is 7.85. The maximum Gasteiger partial charge on any atom is 1.00 e. The Hall–Kier alpha value is -1.15. The maximum absolute atomic E-state index is 3.93. The van der Waals surface area contributed by atoms with Crippen LogP contribution < -0.4 is 37.7 Å². The maximum atomic E-state index is 3.93. The van der Waals surface area contributed by atoms with Crippen molar-refractivity contribution in [2.24, 2.45) is 11.8 Å². The van der Waals surface area contributed by atoms with Gasteiger partial charge in [-0.1, -0.05) is 36.1 Å². The molecule has 0 fully saturated rings. The molecule has 0 aliphatic carbocycles. The minimum atomic E-state index is 0. The molecule has 0 aliphatic heterocycles. The van der Waals surface area contributed by atoms with Crippen molar-refractivity contribution in [3.8, 4) is 0 Å². The Kier molecular flexibility index (Phi) is 12.6. The molecule has 2 unspecified atom stereocenters. The van der Waals surface area contributed by atoms with E-state index in [0.29, 0.717) is 11.8 Å². The van der Waals surface area contributed by atoms with Gasteiger partial charge in [0, 0.05) is 0 Å². The van der Waals surface area contributed by atoms with Gasteiger partial charge in [0.1, 0.15) is 0 Å². The summed E-state index contributed by atoms with van der Waals surface area (Å²) in [5.74, 6) is 0.858. The van der Waals surface area contributed by atoms with Crippen molar-refractivity contribution >= 4 is 0 Å². The van der Waals surface area contributed by atoms with Gasteiger partial charge >= 0.3 is 37.7 Å². The fourth-order valence-electron chi connectivity index (χ4n) is 2.74. The molecule has 2 rings (SSSR count). The molecule has 0 bridgehead atoms. The Balaban J connectivity index is 0.00000264. The third kappa shape index (κ3) is 7.62. The second kappa shape index (κ2) is 13.2. The molecule has 0 saturated carbocycles. The molecule has 0 aliphatic rings. The Bertz CT molecular complexity index is 510. The van der Waals surface area contributed by atoms with Crippen molar-refractivity contribution in [3.63, 3.8) is 0 Å². The standard InChI is InChI=1S/C22H24.2Li/c1-3-11-21(17-19-13-7-5-8-14-19)22(12-4-2)18-20-15-9-6-10-16-20;;/h3-10,13-18,21-22H,1-2,11-12H2;;/q-2;2*+1. The molecule has 0 radical (unpaired) electrons. The zero-order valence-corrected chi connectivity index (χ0v) is 15.1. The monoisotopic (exact) mass is 302 g/mol. The van der Waals surface area contributed by atoms with Crippen LogP contribution in [0.2, 0.25) is 0 Å². The van der Waals surface area contributed by atoms with Gasteiger partial charge < -0.3 is 0 Å². The van der Waals surface area contributed by atoms with Crippen molar-refractivity contribution in [3.05, 3.63) is 110 Å². The van der Waals surface area contributed by atoms with Gasteiger partial charge in [0.05, 0.1) is 0 Å². The quantitative estimate of drug-likeness (QED) is 0.344. The summed E-state index contributed by atoms with van der Waals surface area (Å²) in [5.41, 5.74) is 2.54. The summed E-state index contributed by atoms with van der Waals surface area (Å²) in [6, 6.07) is 21.1. The molecule has 0 N–H and O–H groups in total. The second-order valence-corrected chi connectivity index (χ2v) is 5.53. The Labute approximate surface area is 171 Å². The van der Waals surface area contributed by atoms with Crippen molar-refractivity contribution in [2.75, 3.05) is 0 Å². The van der Waals surface area contributed by atoms with E-state index in [0.717, 1.165) is 12.8 Å². The van der Waals surface area contributed by atoms with Crippen LogP contribution in [0.4, 0.5) is 0 Å².